The molecule has 3 rings (SSSR count). The largest absolute Gasteiger partial charge is 0.497 e. The molecule has 0 spiro atoms. The fourth-order valence-electron chi connectivity index (χ4n) is 5.16. The summed E-state index contributed by atoms with van der Waals surface area (Å²) in [6.07, 6.45) is 16.2. The topological polar surface area (TPSA) is 49.5 Å². The molecule has 0 unspecified atom stereocenters. The van der Waals surface area contributed by atoms with E-state index >= 15 is 0 Å². The molecular weight excluding hydrogens is 536 g/mol. The second-order valence-corrected chi connectivity index (χ2v) is 11.8. The normalized spacial score (nSPS) is 18.8. The summed E-state index contributed by atoms with van der Waals surface area (Å²) in [6.45, 7) is 14.3. The molecule has 1 aliphatic heterocycles. The third-order valence-electron chi connectivity index (χ3n) is 7.97. The van der Waals surface area contributed by atoms with Gasteiger partial charge in [0.1, 0.15) is 18.0 Å². The van der Waals surface area contributed by atoms with Gasteiger partial charge in [-0.1, -0.05) is 77.9 Å². The first-order chi connectivity index (χ1) is 20.8. The summed E-state index contributed by atoms with van der Waals surface area (Å²) in [5.41, 5.74) is 6.36. The number of methoxy groups -OCH3 is 2. The lowest BCUT2D eigenvalue weighted by molar-refractivity contribution is 0.0742. The van der Waals surface area contributed by atoms with Gasteiger partial charge in [0.2, 0.25) is 0 Å². The van der Waals surface area contributed by atoms with Crippen LogP contribution in [-0.4, -0.2) is 39.1 Å². The van der Waals surface area contributed by atoms with Crippen LogP contribution in [0.15, 0.2) is 90.1 Å². The molecule has 43 heavy (non-hydrogen) atoms. The van der Waals surface area contributed by atoms with Crippen LogP contribution < -0.4 is 14.2 Å². The summed E-state index contributed by atoms with van der Waals surface area (Å²) in [5, 5.41) is 0. The van der Waals surface area contributed by atoms with Gasteiger partial charge in [-0.05, 0) is 84.3 Å². The van der Waals surface area contributed by atoms with Gasteiger partial charge in [0.25, 0.3) is 0 Å². The number of ether oxygens (including phenoxy) is 5. The average Bonchev–Trinajstić information content (AvgIpc) is 3.66. The van der Waals surface area contributed by atoms with Crippen molar-refractivity contribution in [2.75, 3.05) is 27.4 Å². The fraction of sp³-hybridized carbons (Fsp3) is 0.474. The van der Waals surface area contributed by atoms with Gasteiger partial charge in [0.05, 0.1) is 33.5 Å². The van der Waals surface area contributed by atoms with Crippen molar-refractivity contribution in [3.63, 3.8) is 0 Å². The summed E-state index contributed by atoms with van der Waals surface area (Å²) in [6, 6.07) is 14.2. The maximum atomic E-state index is 6.00. The van der Waals surface area contributed by atoms with Crippen LogP contribution in [0, 0.1) is 0 Å². The number of hydrogen-bond acceptors (Lipinski definition) is 5. The minimum Gasteiger partial charge on any atom is -0.497 e. The molecule has 5 nitrogen and oxygen atoms in total. The summed E-state index contributed by atoms with van der Waals surface area (Å²) in [5.74, 6) is 2.18. The highest BCUT2D eigenvalue weighted by Gasteiger charge is 2.51. The zero-order valence-corrected chi connectivity index (χ0v) is 27.2. The minimum atomic E-state index is -0.135. The van der Waals surface area contributed by atoms with Crippen LogP contribution in [0.25, 0.3) is 0 Å². The van der Waals surface area contributed by atoms with Gasteiger partial charge in [0, 0.05) is 11.6 Å². The molecule has 2 aromatic rings. The van der Waals surface area contributed by atoms with E-state index in [1.54, 1.807) is 20.3 Å². The number of benzene rings is 2. The Balaban J connectivity index is 1.35. The second-order valence-electron chi connectivity index (χ2n) is 11.8. The molecule has 1 aliphatic rings. The zero-order valence-electron chi connectivity index (χ0n) is 27.2. The molecule has 0 saturated carbocycles. The Morgan fingerprint density at radius 3 is 2.23 bits per heavy atom. The van der Waals surface area contributed by atoms with Crippen LogP contribution >= 0.6 is 0 Å². The van der Waals surface area contributed by atoms with E-state index in [9.17, 15) is 0 Å². The molecule has 1 saturated heterocycles. The first-order valence-electron chi connectivity index (χ1n) is 15.5. The van der Waals surface area contributed by atoms with E-state index in [1.165, 1.54) is 22.3 Å². The standard InChI is InChI=1S/C38H52O5/c1-8-24-42-35-26-34(39-6)25-33(37(35)40-7)22-20-30(3)16-12-14-29(2)15-13-17-31(4)21-23-36-38(5,43-36)28-41-27-32-18-10-9-11-19-32/h8-11,14,17-20,25-26,36H,1,12-13,15-16,21-24,27-28H2,2-7H3/b29-14+,30-20+,31-17+/t36-,38-/m0/s1. The minimum absolute atomic E-state index is 0.135. The highest BCUT2D eigenvalue weighted by molar-refractivity contribution is 5.52. The van der Waals surface area contributed by atoms with Crippen molar-refractivity contribution in [2.45, 2.75) is 91.0 Å². The molecule has 0 N–H and O–H groups in total. The zero-order chi connectivity index (χ0) is 31.1. The molecule has 0 radical (unpaired) electrons. The average molecular weight is 589 g/mol. The third kappa shape index (κ3) is 11.7. The molecule has 0 aliphatic carbocycles. The molecule has 0 amide bonds. The molecule has 5 heteroatoms. The van der Waals surface area contributed by atoms with Crippen LogP contribution in [0.2, 0.25) is 0 Å². The summed E-state index contributed by atoms with van der Waals surface area (Å²) >= 11 is 0. The molecular formula is C38H52O5. The predicted octanol–water partition coefficient (Wildman–Crippen LogP) is 9.36. The highest BCUT2D eigenvalue weighted by atomic mass is 16.6. The van der Waals surface area contributed by atoms with Crippen molar-refractivity contribution in [1.82, 2.24) is 0 Å². The van der Waals surface area contributed by atoms with Crippen molar-refractivity contribution in [3.05, 3.63) is 101 Å². The Labute approximate surface area is 260 Å². The lowest BCUT2D eigenvalue weighted by Gasteiger charge is -2.15. The van der Waals surface area contributed by atoms with Gasteiger partial charge in [0.15, 0.2) is 11.5 Å². The smallest absolute Gasteiger partial charge is 0.165 e. The van der Waals surface area contributed by atoms with Crippen LogP contribution in [0.4, 0.5) is 0 Å². The molecule has 2 aromatic carbocycles. The van der Waals surface area contributed by atoms with Gasteiger partial charge < -0.3 is 23.7 Å². The van der Waals surface area contributed by atoms with Crippen molar-refractivity contribution in [3.8, 4) is 17.2 Å². The Hall–Kier alpha value is -3.28. The third-order valence-corrected chi connectivity index (χ3v) is 7.97. The van der Waals surface area contributed by atoms with Crippen LogP contribution in [-0.2, 0) is 22.5 Å². The van der Waals surface area contributed by atoms with E-state index in [0.717, 1.165) is 62.0 Å². The fourth-order valence-corrected chi connectivity index (χ4v) is 5.16. The van der Waals surface area contributed by atoms with E-state index in [0.29, 0.717) is 31.7 Å². The first-order valence-corrected chi connectivity index (χ1v) is 15.5. The molecule has 1 heterocycles. The monoisotopic (exact) mass is 588 g/mol. The van der Waals surface area contributed by atoms with Crippen molar-refractivity contribution in [1.29, 1.82) is 0 Å². The molecule has 2 atom stereocenters. The Morgan fingerprint density at radius 1 is 0.907 bits per heavy atom. The van der Waals surface area contributed by atoms with Crippen LogP contribution in [0.1, 0.15) is 77.3 Å². The van der Waals surface area contributed by atoms with E-state index < -0.39 is 0 Å². The Kier molecular flexibility index (Phi) is 14.1. The SMILES string of the molecule is C=CCOc1cc(OC)cc(C/C=C(\C)CC/C=C(\C)CC/C=C(\C)CC[C@@H]2O[C@@]2(C)COCc2ccccc2)c1OC. The first kappa shape index (κ1) is 34.2. The maximum absolute atomic E-state index is 6.00. The maximum Gasteiger partial charge on any atom is 0.165 e. The van der Waals surface area contributed by atoms with E-state index in [2.05, 4.69) is 64.6 Å². The van der Waals surface area contributed by atoms with Gasteiger partial charge in [-0.2, -0.15) is 0 Å². The number of allylic oxidation sites excluding steroid dienone is 6. The number of epoxide rings is 1. The molecule has 234 valence electrons. The quantitative estimate of drug-likeness (QED) is 0.114. The van der Waals surface area contributed by atoms with E-state index in [4.69, 9.17) is 23.7 Å². The lowest BCUT2D eigenvalue weighted by atomic mass is 10.0. The van der Waals surface area contributed by atoms with Crippen LogP contribution in [0.5, 0.6) is 17.2 Å². The van der Waals surface area contributed by atoms with Gasteiger partial charge in [-0.15, -0.1) is 0 Å². The number of hydrogen-bond donors (Lipinski definition) is 0. The summed E-state index contributed by atoms with van der Waals surface area (Å²) in [7, 11) is 3.34. The van der Waals surface area contributed by atoms with Gasteiger partial charge in [-0.3, -0.25) is 0 Å². The highest BCUT2D eigenvalue weighted by Crippen LogP contribution is 2.40. The van der Waals surface area contributed by atoms with Crippen molar-refractivity contribution in [2.24, 2.45) is 0 Å². The summed E-state index contributed by atoms with van der Waals surface area (Å²) in [4.78, 5) is 0. The van der Waals surface area contributed by atoms with E-state index in [-0.39, 0.29) is 5.60 Å². The number of rotatable bonds is 20. The molecule has 1 fully saturated rings. The van der Waals surface area contributed by atoms with E-state index in [1.807, 2.05) is 30.3 Å². The second kappa shape index (κ2) is 17.7. The van der Waals surface area contributed by atoms with Crippen molar-refractivity contribution < 1.29 is 23.7 Å². The Morgan fingerprint density at radius 2 is 1.58 bits per heavy atom. The lowest BCUT2D eigenvalue weighted by Crippen LogP contribution is -2.18. The summed E-state index contributed by atoms with van der Waals surface area (Å²) < 4.78 is 28.9. The Bertz CT molecular complexity index is 1240. The molecule has 0 bridgehead atoms. The van der Waals surface area contributed by atoms with Crippen LogP contribution in [0.3, 0.4) is 0 Å². The van der Waals surface area contributed by atoms with Crippen molar-refractivity contribution >= 4 is 0 Å². The van der Waals surface area contributed by atoms with Gasteiger partial charge in [-0.25, -0.2) is 0 Å². The predicted molar refractivity (Wildman–Crippen MR) is 177 cm³/mol. The van der Waals surface area contributed by atoms with Gasteiger partial charge >= 0.3 is 0 Å². The molecule has 0 aromatic heterocycles.